The molecule has 2 nitrogen and oxygen atoms in total. The van der Waals surface area contributed by atoms with E-state index in [-0.39, 0.29) is 4.65 Å². The summed E-state index contributed by atoms with van der Waals surface area (Å²) in [5, 5.41) is 11.2. The van der Waals surface area contributed by atoms with E-state index in [4.69, 9.17) is 0 Å². The van der Waals surface area contributed by atoms with Gasteiger partial charge in [-0.3, -0.25) is 0 Å². The highest BCUT2D eigenvalue weighted by Gasteiger charge is 2.20. The first kappa shape index (κ1) is 7.03. The van der Waals surface area contributed by atoms with Crippen molar-refractivity contribution < 1.29 is 4.65 Å². The van der Waals surface area contributed by atoms with Crippen molar-refractivity contribution in [2.75, 3.05) is 20.1 Å². The van der Waals surface area contributed by atoms with Gasteiger partial charge in [0.15, 0.2) is 0 Å². The van der Waals surface area contributed by atoms with E-state index in [0.29, 0.717) is 12.5 Å². The fourth-order valence-electron chi connectivity index (χ4n) is 1.44. The highest BCUT2D eigenvalue weighted by atomic mass is 16.5. The van der Waals surface area contributed by atoms with Crippen molar-refractivity contribution in [1.82, 2.24) is 0 Å². The number of hydrogen-bond donors (Lipinski definition) is 0. The minimum Gasteiger partial charge on any atom is -0.633 e. The lowest BCUT2D eigenvalue weighted by Gasteiger charge is -2.44. The van der Waals surface area contributed by atoms with E-state index in [9.17, 15) is 5.21 Å². The van der Waals surface area contributed by atoms with Crippen LogP contribution in [-0.4, -0.2) is 24.8 Å². The maximum Gasteiger partial charge on any atom is 0.0810 e. The Balaban J connectivity index is 2.41. The highest BCUT2D eigenvalue weighted by Crippen LogP contribution is 2.18. The molecule has 9 heavy (non-hydrogen) atoms. The van der Waals surface area contributed by atoms with E-state index in [1.165, 1.54) is 0 Å². The van der Waals surface area contributed by atoms with Crippen molar-refractivity contribution in [3.63, 3.8) is 0 Å². The smallest absolute Gasteiger partial charge is 0.0810 e. The molecule has 1 aliphatic heterocycles. The van der Waals surface area contributed by atoms with Gasteiger partial charge in [0.05, 0.1) is 20.1 Å². The van der Waals surface area contributed by atoms with Gasteiger partial charge in [0.2, 0.25) is 0 Å². The summed E-state index contributed by atoms with van der Waals surface area (Å²) < 4.78 is -0.0752. The molecule has 2 unspecified atom stereocenters. The van der Waals surface area contributed by atoms with Crippen molar-refractivity contribution in [2.24, 2.45) is 5.92 Å². The first-order valence-electron chi connectivity index (χ1n) is 3.49. The van der Waals surface area contributed by atoms with Gasteiger partial charge in [-0.1, -0.05) is 0 Å². The SMILES string of the molecule is [CH2]C1CCC[N+](C)([O-])C1. The summed E-state index contributed by atoms with van der Waals surface area (Å²) in [6.45, 7) is 5.37. The van der Waals surface area contributed by atoms with Gasteiger partial charge in [-0.05, 0) is 19.8 Å². The van der Waals surface area contributed by atoms with Crippen molar-refractivity contribution in [3.8, 4) is 0 Å². The largest absolute Gasteiger partial charge is 0.633 e. The van der Waals surface area contributed by atoms with Gasteiger partial charge in [-0.25, -0.2) is 0 Å². The first-order valence-corrected chi connectivity index (χ1v) is 3.49. The van der Waals surface area contributed by atoms with Crippen LogP contribution in [0.5, 0.6) is 0 Å². The number of hydroxylamine groups is 3. The Morgan fingerprint density at radius 3 is 2.67 bits per heavy atom. The number of likely N-dealkylation sites (tertiary alicyclic amines) is 1. The summed E-state index contributed by atoms with van der Waals surface area (Å²) in [5.74, 6) is 0.390. The van der Waals surface area contributed by atoms with Crippen LogP contribution in [0.4, 0.5) is 0 Å². The summed E-state index contributed by atoms with van der Waals surface area (Å²) in [6, 6.07) is 0. The molecule has 1 aliphatic rings. The maximum absolute atomic E-state index is 11.2. The molecule has 0 aromatic heterocycles. The zero-order valence-electron chi connectivity index (χ0n) is 5.97. The van der Waals surface area contributed by atoms with Gasteiger partial charge in [0.1, 0.15) is 0 Å². The molecule has 1 heterocycles. The lowest BCUT2D eigenvalue weighted by atomic mass is 10.0. The molecule has 1 rings (SSSR count). The fourth-order valence-corrected chi connectivity index (χ4v) is 1.44. The molecular weight excluding hydrogens is 114 g/mol. The zero-order chi connectivity index (χ0) is 6.91. The molecule has 1 saturated heterocycles. The van der Waals surface area contributed by atoms with E-state index < -0.39 is 0 Å². The molecule has 1 radical (unpaired) electrons. The molecular formula is C7H14NO. The Bertz CT molecular complexity index is 101. The molecule has 0 amide bonds. The summed E-state index contributed by atoms with van der Waals surface area (Å²) in [4.78, 5) is 0. The van der Waals surface area contributed by atoms with E-state index in [2.05, 4.69) is 6.92 Å². The summed E-state index contributed by atoms with van der Waals surface area (Å²) in [5.41, 5.74) is 0. The molecule has 1 fully saturated rings. The number of hydrogen-bond acceptors (Lipinski definition) is 1. The molecule has 0 N–H and O–H groups in total. The van der Waals surface area contributed by atoms with E-state index in [0.717, 1.165) is 19.4 Å². The van der Waals surface area contributed by atoms with Crippen molar-refractivity contribution in [1.29, 1.82) is 0 Å². The van der Waals surface area contributed by atoms with Gasteiger partial charge in [0.25, 0.3) is 0 Å². The van der Waals surface area contributed by atoms with Crippen LogP contribution in [0.25, 0.3) is 0 Å². The Morgan fingerprint density at radius 1 is 1.67 bits per heavy atom. The topological polar surface area (TPSA) is 23.1 Å². The Kier molecular flexibility index (Phi) is 1.78. The van der Waals surface area contributed by atoms with Crippen LogP contribution in [0, 0.1) is 18.0 Å². The number of rotatable bonds is 0. The van der Waals surface area contributed by atoms with E-state index in [1.807, 2.05) is 0 Å². The first-order chi connectivity index (χ1) is 4.10. The lowest BCUT2D eigenvalue weighted by Crippen LogP contribution is -2.45. The standard InChI is InChI=1S/C7H14NO/c1-7-4-3-5-8(2,9)6-7/h7H,1,3-6H2,2H3. The second kappa shape index (κ2) is 2.27. The molecule has 53 valence electrons. The normalized spacial score (nSPS) is 45.0. The predicted octanol–water partition coefficient (Wildman–Crippen LogP) is 1.17. The molecule has 0 saturated carbocycles. The maximum atomic E-state index is 11.2. The fraction of sp³-hybridized carbons (Fsp3) is 0.857. The second-order valence-corrected chi connectivity index (χ2v) is 3.21. The van der Waals surface area contributed by atoms with Gasteiger partial charge in [0, 0.05) is 5.92 Å². The van der Waals surface area contributed by atoms with Gasteiger partial charge in [-0.2, -0.15) is 0 Å². The van der Waals surface area contributed by atoms with E-state index in [1.54, 1.807) is 7.05 Å². The monoisotopic (exact) mass is 128 g/mol. The van der Waals surface area contributed by atoms with Crippen LogP contribution in [0.15, 0.2) is 0 Å². The van der Waals surface area contributed by atoms with Crippen LogP contribution < -0.4 is 0 Å². The van der Waals surface area contributed by atoms with Gasteiger partial charge in [-0.15, -0.1) is 0 Å². The van der Waals surface area contributed by atoms with E-state index >= 15 is 0 Å². The molecule has 2 atom stereocenters. The summed E-state index contributed by atoms with van der Waals surface area (Å²) in [7, 11) is 1.73. The lowest BCUT2D eigenvalue weighted by molar-refractivity contribution is -0.868. The van der Waals surface area contributed by atoms with Crippen molar-refractivity contribution in [3.05, 3.63) is 12.1 Å². The van der Waals surface area contributed by atoms with Crippen LogP contribution in [0.1, 0.15) is 12.8 Å². The zero-order valence-corrected chi connectivity index (χ0v) is 5.97. The summed E-state index contributed by atoms with van der Waals surface area (Å²) in [6.07, 6.45) is 2.18. The Hall–Kier alpha value is -0.0800. The molecule has 0 spiro atoms. The predicted molar refractivity (Wildman–Crippen MR) is 37.4 cm³/mol. The minimum absolute atomic E-state index is 0.0752. The Labute approximate surface area is 56.6 Å². The summed E-state index contributed by atoms with van der Waals surface area (Å²) >= 11 is 0. The molecule has 0 bridgehead atoms. The third-order valence-electron chi connectivity index (χ3n) is 1.89. The molecule has 2 heteroatoms. The van der Waals surface area contributed by atoms with Crippen molar-refractivity contribution in [2.45, 2.75) is 12.8 Å². The average Bonchev–Trinajstić information content (AvgIpc) is 1.60. The van der Waals surface area contributed by atoms with Gasteiger partial charge < -0.3 is 9.85 Å². The number of nitrogens with zero attached hydrogens (tertiary/aromatic N) is 1. The van der Waals surface area contributed by atoms with Crippen LogP contribution in [-0.2, 0) is 0 Å². The highest BCUT2D eigenvalue weighted by molar-refractivity contribution is 4.65. The average molecular weight is 128 g/mol. The number of quaternary nitrogens is 1. The van der Waals surface area contributed by atoms with Crippen LogP contribution in [0.3, 0.4) is 0 Å². The second-order valence-electron chi connectivity index (χ2n) is 3.21. The third kappa shape index (κ3) is 1.95. The van der Waals surface area contributed by atoms with Crippen LogP contribution in [0.2, 0.25) is 0 Å². The molecule has 0 aliphatic carbocycles. The third-order valence-corrected chi connectivity index (χ3v) is 1.89. The number of piperidine rings is 1. The van der Waals surface area contributed by atoms with Crippen molar-refractivity contribution >= 4 is 0 Å². The van der Waals surface area contributed by atoms with Crippen LogP contribution >= 0.6 is 0 Å². The Morgan fingerprint density at radius 2 is 2.33 bits per heavy atom. The minimum atomic E-state index is -0.0752. The van der Waals surface area contributed by atoms with Gasteiger partial charge >= 0.3 is 0 Å². The quantitative estimate of drug-likeness (QED) is 0.355. The molecule has 0 aromatic rings. The molecule has 0 aromatic carbocycles.